The van der Waals surface area contributed by atoms with E-state index in [4.69, 9.17) is 5.11 Å². The van der Waals surface area contributed by atoms with E-state index in [9.17, 15) is 19.7 Å². The Hall–Kier alpha value is -3.16. The van der Waals surface area contributed by atoms with Gasteiger partial charge in [-0.05, 0) is 18.1 Å². The number of aryl methyl sites for hydroxylation is 1. The van der Waals surface area contributed by atoms with Crippen molar-refractivity contribution >= 4 is 33.5 Å². The minimum absolute atomic E-state index is 0.0871. The predicted molar refractivity (Wildman–Crippen MR) is 79.0 cm³/mol. The minimum atomic E-state index is -0.950. The summed E-state index contributed by atoms with van der Waals surface area (Å²) in [6, 6.07) is 4.17. The Morgan fingerprint density at radius 3 is 2.82 bits per heavy atom. The number of H-pyrrole nitrogens is 2. The molecule has 0 spiro atoms. The quantitative estimate of drug-likeness (QED) is 0.501. The Labute approximate surface area is 122 Å². The van der Waals surface area contributed by atoms with E-state index in [-0.39, 0.29) is 29.6 Å². The standard InChI is InChI=1S/C14H11N3O5/c18-11(19)4-1-7-6-15-13-12(7)9-5-8(17(21)22)2-3-10(9)16-14(13)20/h2-3,5-6,15H,1,4H2,(H,16,20)(H,18,19). The lowest BCUT2D eigenvalue weighted by Crippen LogP contribution is -2.06. The van der Waals surface area contributed by atoms with Gasteiger partial charge in [0, 0.05) is 41.0 Å². The fourth-order valence-electron chi connectivity index (χ4n) is 2.54. The van der Waals surface area contributed by atoms with Gasteiger partial charge in [0.05, 0.1) is 4.92 Å². The molecule has 22 heavy (non-hydrogen) atoms. The number of hydrogen-bond acceptors (Lipinski definition) is 4. The van der Waals surface area contributed by atoms with Crippen LogP contribution >= 0.6 is 0 Å². The zero-order valence-electron chi connectivity index (χ0n) is 11.3. The Morgan fingerprint density at radius 2 is 2.14 bits per heavy atom. The molecule has 2 aromatic heterocycles. The summed E-state index contributed by atoms with van der Waals surface area (Å²) in [5.74, 6) is -0.950. The third-order valence-electron chi connectivity index (χ3n) is 3.53. The van der Waals surface area contributed by atoms with Crippen LogP contribution in [0.3, 0.4) is 0 Å². The van der Waals surface area contributed by atoms with Crippen LogP contribution in [-0.2, 0) is 11.2 Å². The molecule has 0 bridgehead atoms. The first kappa shape index (κ1) is 13.8. The lowest BCUT2D eigenvalue weighted by molar-refractivity contribution is -0.384. The number of carboxylic acids is 1. The second kappa shape index (κ2) is 4.99. The van der Waals surface area contributed by atoms with Gasteiger partial charge in [0.2, 0.25) is 0 Å². The number of benzene rings is 1. The molecule has 0 aliphatic heterocycles. The van der Waals surface area contributed by atoms with Gasteiger partial charge >= 0.3 is 5.97 Å². The molecule has 0 radical (unpaired) electrons. The number of hydrogen-bond donors (Lipinski definition) is 3. The van der Waals surface area contributed by atoms with Crippen molar-refractivity contribution < 1.29 is 14.8 Å². The van der Waals surface area contributed by atoms with E-state index in [0.717, 1.165) is 0 Å². The highest BCUT2D eigenvalue weighted by atomic mass is 16.6. The summed E-state index contributed by atoms with van der Waals surface area (Å²) in [5, 5.41) is 20.8. The number of pyridine rings is 1. The molecule has 0 saturated heterocycles. The number of nitrogens with zero attached hydrogens (tertiary/aromatic N) is 1. The van der Waals surface area contributed by atoms with Gasteiger partial charge in [0.25, 0.3) is 11.2 Å². The van der Waals surface area contributed by atoms with Crippen LogP contribution in [-0.4, -0.2) is 26.0 Å². The topological polar surface area (TPSA) is 129 Å². The summed E-state index contributed by atoms with van der Waals surface area (Å²) in [4.78, 5) is 38.6. The number of fused-ring (bicyclic) bond motifs is 3. The number of nitrogens with one attached hydrogen (secondary N) is 2. The van der Waals surface area contributed by atoms with Crippen LogP contribution in [0.5, 0.6) is 0 Å². The van der Waals surface area contributed by atoms with Crippen LogP contribution < -0.4 is 5.56 Å². The fraction of sp³-hybridized carbons (Fsp3) is 0.143. The first-order chi connectivity index (χ1) is 10.5. The molecule has 0 atom stereocenters. The maximum absolute atomic E-state index is 12.0. The summed E-state index contributed by atoms with van der Waals surface area (Å²) in [6.07, 6.45) is 1.72. The number of aromatic nitrogens is 2. The molecule has 0 saturated carbocycles. The first-order valence-electron chi connectivity index (χ1n) is 6.49. The van der Waals surface area contributed by atoms with Crippen LogP contribution in [0.2, 0.25) is 0 Å². The fourth-order valence-corrected chi connectivity index (χ4v) is 2.54. The van der Waals surface area contributed by atoms with Crippen molar-refractivity contribution in [1.82, 2.24) is 9.97 Å². The van der Waals surface area contributed by atoms with Crippen LogP contribution in [0.1, 0.15) is 12.0 Å². The van der Waals surface area contributed by atoms with E-state index >= 15 is 0 Å². The third-order valence-corrected chi connectivity index (χ3v) is 3.53. The highest BCUT2D eigenvalue weighted by molar-refractivity contribution is 6.07. The molecule has 0 aliphatic carbocycles. The van der Waals surface area contributed by atoms with Gasteiger partial charge in [0.15, 0.2) is 0 Å². The minimum Gasteiger partial charge on any atom is -0.481 e. The molecule has 1 aromatic carbocycles. The van der Waals surface area contributed by atoms with Gasteiger partial charge in [-0.1, -0.05) is 0 Å². The first-order valence-corrected chi connectivity index (χ1v) is 6.49. The van der Waals surface area contributed by atoms with Gasteiger partial charge in [0.1, 0.15) is 5.52 Å². The largest absolute Gasteiger partial charge is 0.481 e. The number of nitro benzene ring substituents is 1. The highest BCUT2D eigenvalue weighted by Gasteiger charge is 2.15. The highest BCUT2D eigenvalue weighted by Crippen LogP contribution is 2.28. The zero-order chi connectivity index (χ0) is 15.9. The average molecular weight is 301 g/mol. The van der Waals surface area contributed by atoms with Gasteiger partial charge in [-0.25, -0.2) is 0 Å². The summed E-state index contributed by atoms with van der Waals surface area (Å²) < 4.78 is 0. The molecule has 112 valence electrons. The maximum atomic E-state index is 12.0. The van der Waals surface area contributed by atoms with Gasteiger partial charge in [-0.3, -0.25) is 19.7 Å². The smallest absolute Gasteiger partial charge is 0.303 e. The van der Waals surface area contributed by atoms with E-state index < -0.39 is 10.9 Å². The monoisotopic (exact) mass is 301 g/mol. The number of non-ortho nitro benzene ring substituents is 1. The Bertz CT molecular complexity index is 970. The van der Waals surface area contributed by atoms with Gasteiger partial charge < -0.3 is 15.1 Å². The lowest BCUT2D eigenvalue weighted by Gasteiger charge is -2.03. The van der Waals surface area contributed by atoms with Crippen LogP contribution in [0.4, 0.5) is 5.69 Å². The number of rotatable bonds is 4. The third kappa shape index (κ3) is 2.20. The van der Waals surface area contributed by atoms with Crippen molar-refractivity contribution in [1.29, 1.82) is 0 Å². The SMILES string of the molecule is O=C(O)CCc1c[nH]c2c(=O)[nH]c3ccc([N+](=O)[O-])cc3c12. The molecule has 0 unspecified atom stereocenters. The van der Waals surface area contributed by atoms with E-state index in [0.29, 0.717) is 21.9 Å². The molecule has 3 rings (SSSR count). The molecule has 0 fully saturated rings. The van der Waals surface area contributed by atoms with Gasteiger partial charge in [-0.15, -0.1) is 0 Å². The molecule has 3 N–H and O–H groups in total. The molecule has 2 heterocycles. The van der Waals surface area contributed by atoms with Crippen LogP contribution in [0.25, 0.3) is 21.8 Å². The van der Waals surface area contributed by atoms with Crippen LogP contribution in [0.15, 0.2) is 29.2 Å². The lowest BCUT2D eigenvalue weighted by atomic mass is 10.0. The average Bonchev–Trinajstić information content (AvgIpc) is 2.89. The molecule has 8 heteroatoms. The zero-order valence-corrected chi connectivity index (χ0v) is 11.3. The molecule has 3 aromatic rings. The van der Waals surface area contributed by atoms with Crippen LogP contribution in [0, 0.1) is 10.1 Å². The van der Waals surface area contributed by atoms with E-state index in [1.165, 1.54) is 18.2 Å². The Kier molecular flexibility index (Phi) is 3.13. The van der Waals surface area contributed by atoms with Crippen molar-refractivity contribution in [2.45, 2.75) is 12.8 Å². The van der Waals surface area contributed by atoms with Crippen molar-refractivity contribution in [3.63, 3.8) is 0 Å². The van der Waals surface area contributed by atoms with Crippen molar-refractivity contribution in [3.05, 3.63) is 50.4 Å². The number of carboxylic acid groups (broad SMARTS) is 1. The summed E-state index contributed by atoms with van der Waals surface area (Å²) in [5.41, 5.74) is 0.964. The molecule has 0 amide bonds. The summed E-state index contributed by atoms with van der Waals surface area (Å²) in [7, 11) is 0. The van der Waals surface area contributed by atoms with E-state index in [2.05, 4.69) is 9.97 Å². The maximum Gasteiger partial charge on any atom is 0.303 e. The number of nitro groups is 1. The molecular weight excluding hydrogens is 290 g/mol. The molecule has 8 nitrogen and oxygen atoms in total. The summed E-state index contributed by atoms with van der Waals surface area (Å²) in [6.45, 7) is 0. The molecular formula is C14H11N3O5. The van der Waals surface area contributed by atoms with E-state index in [1.807, 2.05) is 0 Å². The second-order valence-electron chi connectivity index (χ2n) is 4.90. The summed E-state index contributed by atoms with van der Waals surface area (Å²) >= 11 is 0. The second-order valence-corrected chi connectivity index (χ2v) is 4.90. The number of carbonyl (C=O) groups is 1. The van der Waals surface area contributed by atoms with E-state index in [1.54, 1.807) is 6.20 Å². The Morgan fingerprint density at radius 1 is 1.36 bits per heavy atom. The normalized spacial score (nSPS) is 11.1. The number of aliphatic carboxylic acids is 1. The van der Waals surface area contributed by atoms with Crippen molar-refractivity contribution in [3.8, 4) is 0 Å². The number of aromatic amines is 2. The van der Waals surface area contributed by atoms with Crippen molar-refractivity contribution in [2.75, 3.05) is 0 Å². The predicted octanol–water partition coefficient (Wildman–Crippen LogP) is 1.93. The molecule has 0 aliphatic rings. The van der Waals surface area contributed by atoms with Crippen molar-refractivity contribution in [2.24, 2.45) is 0 Å². The van der Waals surface area contributed by atoms with Gasteiger partial charge in [-0.2, -0.15) is 0 Å². The Balaban J connectivity index is 2.32.